The van der Waals surface area contributed by atoms with Gasteiger partial charge in [0.15, 0.2) is 11.9 Å². The Bertz CT molecular complexity index is 1230. The van der Waals surface area contributed by atoms with E-state index in [0.29, 0.717) is 31.9 Å². The number of aromatic nitrogens is 1. The number of carboxylic acids is 1. The summed E-state index contributed by atoms with van der Waals surface area (Å²) in [5, 5.41) is 13.3. The molecule has 0 spiro atoms. The zero-order chi connectivity index (χ0) is 25.2. The van der Waals surface area contributed by atoms with Crippen molar-refractivity contribution in [1.29, 1.82) is 0 Å². The Hall–Kier alpha value is -3.17. The van der Waals surface area contributed by atoms with Crippen molar-refractivity contribution in [3.05, 3.63) is 46.4 Å². The molecular formula is C23H21Cl2FN2O6. The maximum Gasteiger partial charge on any atom is 0.419 e. The second-order valence-corrected chi connectivity index (χ2v) is 8.84. The summed E-state index contributed by atoms with van der Waals surface area (Å²) in [6, 6.07) is 8.20. The molecule has 0 aliphatic carbocycles. The standard InChI is InChI=1S/C23H21Cl2FN2O6/c1-11(2)21(22(32)27-16(9-20(30)31)19(29)10-26)34-23(33)28-17-5-3-12(24)7-14(17)15-8-13(25)4-6-18(15)28/h3-8,11,16,21H,9-10H2,1-2H3,(H,27,32)(H,30,31). The average Bonchev–Trinajstić information content (AvgIpc) is 3.08. The van der Waals surface area contributed by atoms with Crippen molar-refractivity contribution in [3.63, 3.8) is 0 Å². The van der Waals surface area contributed by atoms with Gasteiger partial charge < -0.3 is 15.2 Å². The zero-order valence-electron chi connectivity index (χ0n) is 18.2. The fourth-order valence-corrected chi connectivity index (χ4v) is 3.93. The molecular weight excluding hydrogens is 490 g/mol. The normalized spacial score (nSPS) is 13.1. The molecule has 11 heteroatoms. The predicted octanol–water partition coefficient (Wildman–Crippen LogP) is 4.61. The number of halogens is 3. The second kappa shape index (κ2) is 10.4. The Labute approximate surface area is 203 Å². The van der Waals surface area contributed by atoms with Crippen LogP contribution in [0.1, 0.15) is 20.3 Å². The van der Waals surface area contributed by atoms with Gasteiger partial charge in [-0.1, -0.05) is 37.0 Å². The van der Waals surface area contributed by atoms with Crippen LogP contribution in [0.25, 0.3) is 21.8 Å². The Kier molecular flexibility index (Phi) is 7.78. The lowest BCUT2D eigenvalue weighted by molar-refractivity contribution is -0.141. The van der Waals surface area contributed by atoms with Crippen molar-refractivity contribution in [2.75, 3.05) is 6.67 Å². The van der Waals surface area contributed by atoms with Crippen molar-refractivity contribution < 1.29 is 33.4 Å². The van der Waals surface area contributed by atoms with Gasteiger partial charge in [0.05, 0.1) is 17.5 Å². The van der Waals surface area contributed by atoms with Gasteiger partial charge in [0.1, 0.15) is 12.7 Å². The third-order valence-corrected chi connectivity index (χ3v) is 5.65. The Morgan fingerprint density at radius 1 is 1.03 bits per heavy atom. The number of carbonyl (C=O) groups excluding carboxylic acids is 3. The molecule has 1 aromatic heterocycles. The van der Waals surface area contributed by atoms with E-state index in [1.807, 2.05) is 0 Å². The van der Waals surface area contributed by atoms with Crippen molar-refractivity contribution in [3.8, 4) is 0 Å². The summed E-state index contributed by atoms with van der Waals surface area (Å²) in [5.74, 6) is -3.95. The van der Waals surface area contributed by atoms with Crippen molar-refractivity contribution in [1.82, 2.24) is 9.88 Å². The molecule has 34 heavy (non-hydrogen) atoms. The lowest BCUT2D eigenvalue weighted by Gasteiger charge is -2.23. The molecule has 0 saturated carbocycles. The van der Waals surface area contributed by atoms with Crippen molar-refractivity contribution in [2.24, 2.45) is 5.92 Å². The number of nitrogens with zero attached hydrogens (tertiary/aromatic N) is 1. The molecule has 0 bridgehead atoms. The van der Waals surface area contributed by atoms with Gasteiger partial charge in [0.2, 0.25) is 0 Å². The highest BCUT2D eigenvalue weighted by Gasteiger charge is 2.32. The molecule has 3 aromatic rings. The lowest BCUT2D eigenvalue weighted by Crippen LogP contribution is -2.49. The average molecular weight is 511 g/mol. The Balaban J connectivity index is 1.96. The molecule has 2 N–H and O–H groups in total. The molecule has 0 saturated heterocycles. The van der Waals surface area contributed by atoms with Crippen LogP contribution >= 0.6 is 23.2 Å². The summed E-state index contributed by atoms with van der Waals surface area (Å²) in [6.07, 6.45) is -3.07. The first-order valence-electron chi connectivity index (χ1n) is 10.2. The molecule has 3 rings (SSSR count). The van der Waals surface area contributed by atoms with E-state index in [1.54, 1.807) is 50.2 Å². The molecule has 2 atom stereocenters. The van der Waals surface area contributed by atoms with Crippen LogP contribution < -0.4 is 5.32 Å². The van der Waals surface area contributed by atoms with E-state index in [-0.39, 0.29) is 0 Å². The van der Waals surface area contributed by atoms with E-state index < -0.39 is 54.9 Å². The fraction of sp³-hybridized carbons (Fsp3) is 0.304. The highest BCUT2D eigenvalue weighted by molar-refractivity contribution is 6.33. The van der Waals surface area contributed by atoms with Gasteiger partial charge in [0, 0.05) is 20.8 Å². The van der Waals surface area contributed by atoms with E-state index in [2.05, 4.69) is 5.32 Å². The largest absolute Gasteiger partial charge is 0.481 e. The van der Waals surface area contributed by atoms with Crippen LogP contribution in [0.4, 0.5) is 9.18 Å². The Morgan fingerprint density at radius 2 is 1.56 bits per heavy atom. The van der Waals surface area contributed by atoms with Gasteiger partial charge >= 0.3 is 12.1 Å². The van der Waals surface area contributed by atoms with Gasteiger partial charge in [-0.25, -0.2) is 13.8 Å². The van der Waals surface area contributed by atoms with Crippen molar-refractivity contribution >= 4 is 68.8 Å². The minimum Gasteiger partial charge on any atom is -0.481 e. The summed E-state index contributed by atoms with van der Waals surface area (Å²) in [6.45, 7) is 1.76. The number of hydrogen-bond acceptors (Lipinski definition) is 5. The topological polar surface area (TPSA) is 115 Å². The minimum atomic E-state index is -1.59. The third kappa shape index (κ3) is 5.31. The van der Waals surface area contributed by atoms with Crippen LogP contribution in [0.15, 0.2) is 36.4 Å². The highest BCUT2D eigenvalue weighted by atomic mass is 35.5. The first kappa shape index (κ1) is 25.5. The third-order valence-electron chi connectivity index (χ3n) is 5.18. The zero-order valence-corrected chi connectivity index (χ0v) is 19.7. The summed E-state index contributed by atoms with van der Waals surface area (Å²) in [5.41, 5.74) is 0.928. The molecule has 8 nitrogen and oxygen atoms in total. The monoisotopic (exact) mass is 510 g/mol. The first-order chi connectivity index (χ1) is 16.0. The smallest absolute Gasteiger partial charge is 0.419 e. The van der Waals surface area contributed by atoms with E-state index in [1.165, 1.54) is 4.57 Å². The fourth-order valence-electron chi connectivity index (χ4n) is 3.59. The number of alkyl halides is 1. The molecule has 1 heterocycles. The van der Waals surface area contributed by atoms with Crippen LogP contribution in [0.5, 0.6) is 0 Å². The van der Waals surface area contributed by atoms with Crippen LogP contribution in [0.3, 0.4) is 0 Å². The number of ether oxygens (including phenoxy) is 1. The van der Waals surface area contributed by atoms with Gasteiger partial charge in [-0.15, -0.1) is 0 Å². The highest BCUT2D eigenvalue weighted by Crippen LogP contribution is 2.33. The molecule has 0 fully saturated rings. The molecule has 0 aliphatic heterocycles. The molecule has 0 aliphatic rings. The summed E-state index contributed by atoms with van der Waals surface area (Å²) in [4.78, 5) is 48.8. The van der Waals surface area contributed by atoms with Gasteiger partial charge in [-0.05, 0) is 42.3 Å². The second-order valence-electron chi connectivity index (χ2n) is 7.97. The van der Waals surface area contributed by atoms with Gasteiger partial charge in [-0.3, -0.25) is 14.4 Å². The van der Waals surface area contributed by atoms with Crippen molar-refractivity contribution in [2.45, 2.75) is 32.4 Å². The van der Waals surface area contributed by atoms with E-state index >= 15 is 0 Å². The molecule has 180 valence electrons. The molecule has 1 amide bonds. The maximum absolute atomic E-state index is 13.3. The number of nitrogens with one attached hydrogen (secondary N) is 1. The van der Waals surface area contributed by atoms with E-state index in [4.69, 9.17) is 33.0 Å². The number of hydrogen-bond donors (Lipinski definition) is 2. The van der Waals surface area contributed by atoms with E-state index in [0.717, 1.165) is 0 Å². The SMILES string of the molecule is CC(C)C(OC(=O)n1c2ccc(Cl)cc2c2cc(Cl)ccc21)C(=O)NC(CC(=O)O)C(=O)CF. The number of fused-ring (bicyclic) bond motifs is 3. The number of amides is 1. The number of rotatable bonds is 8. The molecule has 0 radical (unpaired) electrons. The summed E-state index contributed by atoms with van der Waals surface area (Å²) in [7, 11) is 0. The Morgan fingerprint density at radius 3 is 2.00 bits per heavy atom. The lowest BCUT2D eigenvalue weighted by atomic mass is 10.0. The number of carbonyl (C=O) groups is 4. The van der Waals surface area contributed by atoms with Crippen LogP contribution in [0.2, 0.25) is 10.0 Å². The van der Waals surface area contributed by atoms with Gasteiger partial charge in [-0.2, -0.15) is 0 Å². The minimum absolute atomic E-state index is 0.446. The van der Waals surface area contributed by atoms with Crippen LogP contribution in [0, 0.1) is 5.92 Å². The summed E-state index contributed by atoms with van der Waals surface area (Å²) < 4.78 is 19.6. The predicted molar refractivity (Wildman–Crippen MR) is 125 cm³/mol. The molecule has 2 unspecified atom stereocenters. The number of aliphatic carboxylic acids is 1. The molecule has 2 aromatic carbocycles. The maximum atomic E-state index is 13.3. The van der Waals surface area contributed by atoms with Crippen LogP contribution in [-0.4, -0.2) is 52.2 Å². The first-order valence-corrected chi connectivity index (χ1v) is 11.0. The number of carboxylic acid groups (broad SMARTS) is 1. The summed E-state index contributed by atoms with van der Waals surface area (Å²) >= 11 is 12.3. The van der Waals surface area contributed by atoms with Crippen LogP contribution in [-0.2, 0) is 19.1 Å². The quantitative estimate of drug-likeness (QED) is 0.457. The number of ketones is 1. The van der Waals surface area contributed by atoms with E-state index in [9.17, 15) is 23.6 Å². The van der Waals surface area contributed by atoms with Gasteiger partial charge in [0.25, 0.3) is 5.91 Å². The number of Topliss-reactive ketones (excluding diaryl/α,β-unsaturated/α-hetero) is 1. The number of benzene rings is 2.